The quantitative estimate of drug-likeness (QED) is 0.688. The van der Waals surface area contributed by atoms with E-state index in [2.05, 4.69) is 20.8 Å². The third kappa shape index (κ3) is 3.24. The van der Waals surface area contributed by atoms with Crippen molar-refractivity contribution < 1.29 is 9.53 Å². The smallest absolute Gasteiger partial charge is 0.195 e. The van der Waals surface area contributed by atoms with Crippen molar-refractivity contribution >= 4 is 11.5 Å². The van der Waals surface area contributed by atoms with E-state index in [1.165, 1.54) is 5.56 Å². The van der Waals surface area contributed by atoms with Gasteiger partial charge in [-0.25, -0.2) is 0 Å². The molecule has 0 amide bonds. The van der Waals surface area contributed by atoms with Crippen molar-refractivity contribution in [2.45, 2.75) is 26.2 Å². The molecule has 0 radical (unpaired) electrons. The average Bonchev–Trinajstić information content (AvgIpc) is 2.45. The Labute approximate surface area is 125 Å². The van der Waals surface area contributed by atoms with E-state index in [1.807, 2.05) is 24.3 Å². The maximum absolute atomic E-state index is 12.5. The molecule has 0 aromatic heterocycles. The van der Waals surface area contributed by atoms with E-state index in [4.69, 9.17) is 10.5 Å². The summed E-state index contributed by atoms with van der Waals surface area (Å²) < 4.78 is 5.10. The number of ketones is 1. The van der Waals surface area contributed by atoms with E-state index < -0.39 is 0 Å². The zero-order valence-corrected chi connectivity index (χ0v) is 12.9. The number of ether oxygens (including phenoxy) is 1. The molecule has 3 heteroatoms. The van der Waals surface area contributed by atoms with Crippen LogP contribution in [0.3, 0.4) is 0 Å². The third-order valence-electron chi connectivity index (χ3n) is 3.52. The Hall–Kier alpha value is -2.29. The standard InChI is InChI=1S/C18H21NO2/c1-18(2,3)13-7-5-12(6-8-13)17(20)15-10-9-14(21-4)11-16(15)19/h5-11H,19H2,1-4H3. The molecule has 0 fully saturated rings. The van der Waals surface area contributed by atoms with E-state index >= 15 is 0 Å². The number of nitrogens with two attached hydrogens (primary N) is 1. The van der Waals surface area contributed by atoms with Crippen LogP contribution in [0.25, 0.3) is 0 Å². The van der Waals surface area contributed by atoms with Crippen molar-refractivity contribution in [1.82, 2.24) is 0 Å². The van der Waals surface area contributed by atoms with Crippen molar-refractivity contribution in [2.24, 2.45) is 0 Å². The van der Waals surface area contributed by atoms with Crippen LogP contribution in [0.5, 0.6) is 5.75 Å². The molecule has 0 unspecified atom stereocenters. The van der Waals surface area contributed by atoms with E-state index in [1.54, 1.807) is 25.3 Å². The average molecular weight is 283 g/mol. The molecule has 2 rings (SSSR count). The summed E-state index contributed by atoms with van der Waals surface area (Å²) in [5.41, 5.74) is 8.77. The maximum atomic E-state index is 12.5. The summed E-state index contributed by atoms with van der Waals surface area (Å²) in [6.45, 7) is 6.43. The van der Waals surface area contributed by atoms with Crippen LogP contribution >= 0.6 is 0 Å². The first-order chi connectivity index (χ1) is 9.82. The van der Waals surface area contributed by atoms with E-state index in [-0.39, 0.29) is 11.2 Å². The lowest BCUT2D eigenvalue weighted by atomic mass is 9.86. The summed E-state index contributed by atoms with van der Waals surface area (Å²) in [7, 11) is 1.57. The van der Waals surface area contributed by atoms with Crippen molar-refractivity contribution in [2.75, 3.05) is 12.8 Å². The highest BCUT2D eigenvalue weighted by atomic mass is 16.5. The number of hydrogen-bond acceptors (Lipinski definition) is 3. The molecule has 2 aromatic carbocycles. The largest absolute Gasteiger partial charge is 0.497 e. The topological polar surface area (TPSA) is 52.3 Å². The molecule has 0 aliphatic carbocycles. The SMILES string of the molecule is COc1ccc(C(=O)c2ccc(C(C)(C)C)cc2)c(N)c1. The van der Waals surface area contributed by atoms with Gasteiger partial charge in [-0.2, -0.15) is 0 Å². The Morgan fingerprint density at radius 1 is 1.05 bits per heavy atom. The van der Waals surface area contributed by atoms with E-state index in [0.29, 0.717) is 22.6 Å². The molecule has 0 saturated heterocycles. The van der Waals surface area contributed by atoms with E-state index in [0.717, 1.165) is 0 Å². The molecule has 0 atom stereocenters. The minimum atomic E-state index is -0.0735. The van der Waals surface area contributed by atoms with Gasteiger partial charge in [0.1, 0.15) is 5.75 Å². The third-order valence-corrected chi connectivity index (χ3v) is 3.52. The summed E-state index contributed by atoms with van der Waals surface area (Å²) >= 11 is 0. The van der Waals surface area contributed by atoms with Crippen LogP contribution in [-0.4, -0.2) is 12.9 Å². The second kappa shape index (κ2) is 5.60. The van der Waals surface area contributed by atoms with Gasteiger partial charge in [0.2, 0.25) is 0 Å². The number of anilines is 1. The summed E-state index contributed by atoms with van der Waals surface area (Å²) in [6.07, 6.45) is 0. The molecule has 3 nitrogen and oxygen atoms in total. The van der Waals surface area contributed by atoms with Crippen LogP contribution < -0.4 is 10.5 Å². The fourth-order valence-electron chi connectivity index (χ4n) is 2.15. The highest BCUT2D eigenvalue weighted by Gasteiger charge is 2.16. The van der Waals surface area contributed by atoms with Gasteiger partial charge < -0.3 is 10.5 Å². The van der Waals surface area contributed by atoms with Gasteiger partial charge >= 0.3 is 0 Å². The first kappa shape index (κ1) is 15.1. The minimum Gasteiger partial charge on any atom is -0.497 e. The number of benzene rings is 2. The lowest BCUT2D eigenvalue weighted by molar-refractivity contribution is 0.103. The number of rotatable bonds is 3. The highest BCUT2D eigenvalue weighted by molar-refractivity contribution is 6.12. The minimum absolute atomic E-state index is 0.0702. The Balaban J connectivity index is 2.32. The van der Waals surface area contributed by atoms with Crippen LogP contribution in [-0.2, 0) is 5.41 Å². The van der Waals surface area contributed by atoms with Crippen LogP contribution in [0.4, 0.5) is 5.69 Å². The van der Waals surface area contributed by atoms with Crippen molar-refractivity contribution in [3.05, 3.63) is 59.2 Å². The molecular weight excluding hydrogens is 262 g/mol. The van der Waals surface area contributed by atoms with Crippen LogP contribution in [0, 0.1) is 0 Å². The molecule has 0 heterocycles. The van der Waals surface area contributed by atoms with Gasteiger partial charge in [0, 0.05) is 22.9 Å². The number of hydrogen-bond donors (Lipinski definition) is 1. The van der Waals surface area contributed by atoms with Gasteiger partial charge in [0.25, 0.3) is 0 Å². The summed E-state index contributed by atoms with van der Waals surface area (Å²) in [4.78, 5) is 12.5. The Kier molecular flexibility index (Phi) is 4.03. The Morgan fingerprint density at radius 3 is 2.14 bits per heavy atom. The van der Waals surface area contributed by atoms with Gasteiger partial charge in [0.15, 0.2) is 5.78 Å². The fourth-order valence-corrected chi connectivity index (χ4v) is 2.15. The van der Waals surface area contributed by atoms with Crippen molar-refractivity contribution in [1.29, 1.82) is 0 Å². The second-order valence-electron chi connectivity index (χ2n) is 6.11. The van der Waals surface area contributed by atoms with Gasteiger partial charge in [-0.3, -0.25) is 4.79 Å². The lowest BCUT2D eigenvalue weighted by Crippen LogP contribution is -2.11. The number of nitrogen functional groups attached to an aromatic ring is 1. The highest BCUT2D eigenvalue weighted by Crippen LogP contribution is 2.25. The zero-order valence-electron chi connectivity index (χ0n) is 12.9. The number of carbonyl (C=O) groups excluding carboxylic acids is 1. The number of carbonyl (C=O) groups is 1. The molecule has 2 N–H and O–H groups in total. The number of methoxy groups -OCH3 is 1. The molecule has 0 saturated carbocycles. The van der Waals surface area contributed by atoms with Crippen molar-refractivity contribution in [3.8, 4) is 5.75 Å². The molecular formula is C18H21NO2. The molecule has 0 spiro atoms. The van der Waals surface area contributed by atoms with Gasteiger partial charge in [0.05, 0.1) is 7.11 Å². The van der Waals surface area contributed by atoms with Crippen molar-refractivity contribution in [3.63, 3.8) is 0 Å². The van der Waals surface area contributed by atoms with Gasteiger partial charge in [-0.05, 0) is 23.1 Å². The molecule has 110 valence electrons. The lowest BCUT2D eigenvalue weighted by Gasteiger charge is -2.19. The van der Waals surface area contributed by atoms with E-state index in [9.17, 15) is 4.79 Å². The van der Waals surface area contributed by atoms with Gasteiger partial charge in [-0.1, -0.05) is 45.0 Å². The monoisotopic (exact) mass is 283 g/mol. The molecule has 0 bridgehead atoms. The van der Waals surface area contributed by atoms with Crippen LogP contribution in [0.2, 0.25) is 0 Å². The second-order valence-corrected chi connectivity index (χ2v) is 6.11. The summed E-state index contributed by atoms with van der Waals surface area (Å²) in [5.74, 6) is 0.572. The first-order valence-corrected chi connectivity index (χ1v) is 6.91. The molecule has 21 heavy (non-hydrogen) atoms. The fraction of sp³-hybridized carbons (Fsp3) is 0.278. The van der Waals surface area contributed by atoms with Crippen LogP contribution in [0.1, 0.15) is 42.3 Å². The normalized spacial score (nSPS) is 11.2. The Morgan fingerprint density at radius 2 is 1.67 bits per heavy atom. The Bertz CT molecular complexity index is 652. The predicted molar refractivity (Wildman–Crippen MR) is 86.0 cm³/mol. The van der Waals surface area contributed by atoms with Gasteiger partial charge in [-0.15, -0.1) is 0 Å². The van der Waals surface area contributed by atoms with Crippen LogP contribution in [0.15, 0.2) is 42.5 Å². The summed E-state index contributed by atoms with van der Waals surface area (Å²) in [5, 5.41) is 0. The molecule has 0 aliphatic heterocycles. The molecule has 2 aromatic rings. The zero-order chi connectivity index (χ0) is 15.6. The molecule has 0 aliphatic rings. The first-order valence-electron chi connectivity index (χ1n) is 6.91. The summed E-state index contributed by atoms with van der Waals surface area (Å²) in [6, 6.07) is 12.8. The predicted octanol–water partition coefficient (Wildman–Crippen LogP) is 3.81. The maximum Gasteiger partial charge on any atom is 0.195 e.